The number of hydrogen-bond acceptors (Lipinski definition) is 9. The van der Waals surface area contributed by atoms with Crippen molar-refractivity contribution in [2.45, 2.75) is 38.8 Å². The summed E-state index contributed by atoms with van der Waals surface area (Å²) in [6.07, 6.45) is 3.47. The number of carbonyl (C=O) groups excluding carboxylic acids is 3. The molecule has 3 N–H and O–H groups in total. The van der Waals surface area contributed by atoms with E-state index in [1.54, 1.807) is 18.1 Å². The van der Waals surface area contributed by atoms with Crippen LogP contribution in [0.2, 0.25) is 0 Å². The van der Waals surface area contributed by atoms with E-state index >= 15 is 0 Å². The fourth-order valence-electron chi connectivity index (χ4n) is 4.64. The Labute approximate surface area is 221 Å². The number of pyridine rings is 2. The summed E-state index contributed by atoms with van der Waals surface area (Å²) in [4.78, 5) is 50.1. The van der Waals surface area contributed by atoms with Crippen LogP contribution in [0.15, 0.2) is 18.3 Å². The van der Waals surface area contributed by atoms with Crippen molar-refractivity contribution in [1.29, 1.82) is 5.26 Å². The van der Waals surface area contributed by atoms with Crippen LogP contribution in [0.4, 0.5) is 22.1 Å². The van der Waals surface area contributed by atoms with E-state index in [2.05, 4.69) is 32.0 Å². The molecule has 0 bridgehead atoms. The maximum Gasteiger partial charge on any atom is 0.328 e. The van der Waals surface area contributed by atoms with Crippen molar-refractivity contribution in [3.8, 4) is 6.07 Å². The third-order valence-corrected chi connectivity index (χ3v) is 6.64. The molecule has 0 aliphatic carbocycles. The molecule has 0 radical (unpaired) electrons. The Balaban J connectivity index is 1.55. The molecule has 3 amide bonds. The van der Waals surface area contributed by atoms with Gasteiger partial charge in [-0.15, -0.1) is 0 Å². The van der Waals surface area contributed by atoms with Gasteiger partial charge >= 0.3 is 6.03 Å². The Bertz CT molecular complexity index is 1270. The molecule has 2 aromatic rings. The van der Waals surface area contributed by atoms with Gasteiger partial charge in [0.2, 0.25) is 5.91 Å². The van der Waals surface area contributed by atoms with Crippen molar-refractivity contribution in [3.05, 3.63) is 40.7 Å². The number of ether oxygens (including phenoxy) is 1. The van der Waals surface area contributed by atoms with Crippen molar-refractivity contribution in [3.63, 3.8) is 0 Å². The van der Waals surface area contributed by atoms with Gasteiger partial charge in [0.05, 0.1) is 23.4 Å². The average molecular weight is 521 g/mol. The highest BCUT2D eigenvalue weighted by atomic mass is 16.5. The van der Waals surface area contributed by atoms with Crippen molar-refractivity contribution >= 4 is 35.5 Å². The van der Waals surface area contributed by atoms with E-state index in [0.29, 0.717) is 74.5 Å². The normalized spacial score (nSPS) is 16.4. The van der Waals surface area contributed by atoms with E-state index in [-0.39, 0.29) is 24.0 Å². The van der Waals surface area contributed by atoms with Crippen LogP contribution >= 0.6 is 0 Å². The fourth-order valence-corrected chi connectivity index (χ4v) is 4.64. The molecular formula is C26H32N8O4. The lowest BCUT2D eigenvalue weighted by Gasteiger charge is -2.38. The summed E-state index contributed by atoms with van der Waals surface area (Å²) >= 11 is 0. The van der Waals surface area contributed by atoms with Crippen LogP contribution in [0, 0.1) is 11.3 Å². The van der Waals surface area contributed by atoms with Gasteiger partial charge < -0.3 is 20.3 Å². The van der Waals surface area contributed by atoms with Gasteiger partial charge in [-0.05, 0) is 38.3 Å². The molecule has 0 saturated carbocycles. The second-order valence-electron chi connectivity index (χ2n) is 9.74. The van der Waals surface area contributed by atoms with Gasteiger partial charge in [-0.25, -0.2) is 14.8 Å². The number of nitrogens with zero attached hydrogens (tertiary/aromatic N) is 5. The largest absolute Gasteiger partial charge is 0.383 e. The summed E-state index contributed by atoms with van der Waals surface area (Å²) in [5, 5.41) is 18.4. The topological polar surface area (TPSA) is 153 Å². The highest BCUT2D eigenvalue weighted by Gasteiger charge is 2.36. The molecule has 12 nitrogen and oxygen atoms in total. The standard InChI is InChI=1S/C26H32N8O4/c1-26(2)24(36)33(9-6-30-26)15-18-11-17-5-4-8-34(23(17)31-21(18)16-35)25(37)32-22-12-20(28-7-10-38-3)19(13-27)14-29-22/h11-12,14,16,30H,4-10,15H2,1-3H3,(H2,28,29,32,37). The summed E-state index contributed by atoms with van der Waals surface area (Å²) in [5.41, 5.74) is 1.91. The van der Waals surface area contributed by atoms with E-state index in [0.717, 1.165) is 5.56 Å². The number of nitriles is 1. The molecule has 4 rings (SSSR count). The van der Waals surface area contributed by atoms with Crippen LogP contribution in [0.5, 0.6) is 0 Å². The first-order valence-corrected chi connectivity index (χ1v) is 12.5. The average Bonchev–Trinajstić information content (AvgIpc) is 2.90. The maximum atomic E-state index is 13.3. The molecule has 1 saturated heterocycles. The van der Waals surface area contributed by atoms with Gasteiger partial charge in [0.25, 0.3) is 0 Å². The van der Waals surface area contributed by atoms with Crippen LogP contribution in [0.1, 0.15) is 47.4 Å². The van der Waals surface area contributed by atoms with Crippen LogP contribution in [0.25, 0.3) is 0 Å². The number of amides is 3. The second-order valence-corrected chi connectivity index (χ2v) is 9.74. The second kappa shape index (κ2) is 11.5. The first kappa shape index (κ1) is 27.0. The number of aryl methyl sites for hydroxylation is 1. The molecule has 0 spiro atoms. The third kappa shape index (κ3) is 5.74. The minimum Gasteiger partial charge on any atom is -0.383 e. The third-order valence-electron chi connectivity index (χ3n) is 6.64. The summed E-state index contributed by atoms with van der Waals surface area (Å²) in [7, 11) is 1.58. The predicted molar refractivity (Wildman–Crippen MR) is 141 cm³/mol. The van der Waals surface area contributed by atoms with Crippen LogP contribution in [-0.2, 0) is 22.5 Å². The lowest BCUT2D eigenvalue weighted by molar-refractivity contribution is -0.140. The van der Waals surface area contributed by atoms with Gasteiger partial charge in [0, 0.05) is 57.7 Å². The number of carbonyl (C=O) groups is 3. The summed E-state index contributed by atoms with van der Waals surface area (Å²) in [5.74, 6) is 0.650. The highest BCUT2D eigenvalue weighted by molar-refractivity contribution is 6.02. The monoisotopic (exact) mass is 520 g/mol. The summed E-state index contributed by atoms with van der Waals surface area (Å²) < 4.78 is 5.04. The quantitative estimate of drug-likeness (QED) is 0.350. The maximum absolute atomic E-state index is 13.3. The lowest BCUT2D eigenvalue weighted by atomic mass is 9.98. The van der Waals surface area contributed by atoms with Gasteiger partial charge in [-0.3, -0.25) is 19.8 Å². The lowest BCUT2D eigenvalue weighted by Crippen LogP contribution is -2.60. The Morgan fingerprint density at radius 3 is 2.89 bits per heavy atom. The number of nitrogens with one attached hydrogen (secondary N) is 3. The Kier molecular flexibility index (Phi) is 8.19. The number of aldehydes is 1. The SMILES string of the molecule is COCCNc1cc(NC(=O)N2CCCc3cc(CN4CCNC(C)(C)C4=O)c(C=O)nc32)ncc1C#N. The van der Waals surface area contributed by atoms with E-state index in [9.17, 15) is 19.6 Å². The molecule has 0 unspecified atom stereocenters. The van der Waals surface area contributed by atoms with Crippen LogP contribution in [0.3, 0.4) is 0 Å². The van der Waals surface area contributed by atoms with Gasteiger partial charge in [-0.2, -0.15) is 5.26 Å². The number of methoxy groups -OCH3 is 1. The Morgan fingerprint density at radius 1 is 1.34 bits per heavy atom. The smallest absolute Gasteiger partial charge is 0.328 e. The molecule has 0 atom stereocenters. The Morgan fingerprint density at radius 2 is 2.16 bits per heavy atom. The number of urea groups is 1. The molecule has 38 heavy (non-hydrogen) atoms. The molecule has 2 aliphatic heterocycles. The molecule has 200 valence electrons. The fraction of sp³-hybridized carbons (Fsp3) is 0.462. The van der Waals surface area contributed by atoms with E-state index in [1.807, 2.05) is 19.9 Å². The highest BCUT2D eigenvalue weighted by Crippen LogP contribution is 2.29. The van der Waals surface area contributed by atoms with E-state index in [4.69, 9.17) is 4.74 Å². The number of aromatic nitrogens is 2. The van der Waals surface area contributed by atoms with E-state index < -0.39 is 11.6 Å². The van der Waals surface area contributed by atoms with Gasteiger partial charge in [-0.1, -0.05) is 0 Å². The van der Waals surface area contributed by atoms with Gasteiger partial charge in [0.1, 0.15) is 23.4 Å². The molecule has 2 aromatic heterocycles. The van der Waals surface area contributed by atoms with Crippen LogP contribution in [-0.4, -0.2) is 78.5 Å². The minimum absolute atomic E-state index is 0.0367. The zero-order chi connectivity index (χ0) is 27.3. The molecule has 0 aromatic carbocycles. The zero-order valence-corrected chi connectivity index (χ0v) is 21.8. The van der Waals surface area contributed by atoms with Gasteiger partial charge in [0.15, 0.2) is 6.29 Å². The summed E-state index contributed by atoms with van der Waals surface area (Å²) in [6.45, 7) is 6.50. The van der Waals surface area contributed by atoms with Crippen molar-refractivity contribution in [2.24, 2.45) is 0 Å². The van der Waals surface area contributed by atoms with Crippen molar-refractivity contribution < 1.29 is 19.1 Å². The Hall–Kier alpha value is -4.08. The zero-order valence-electron chi connectivity index (χ0n) is 21.8. The molecule has 1 fully saturated rings. The molecular weight excluding hydrogens is 488 g/mol. The minimum atomic E-state index is -0.672. The summed E-state index contributed by atoms with van der Waals surface area (Å²) in [6, 6.07) is 5.11. The molecule has 2 aliphatic rings. The number of fused-ring (bicyclic) bond motifs is 1. The molecule has 4 heterocycles. The number of piperazine rings is 1. The first-order valence-electron chi connectivity index (χ1n) is 12.5. The van der Waals surface area contributed by atoms with Crippen molar-refractivity contribution in [2.75, 3.05) is 55.4 Å². The van der Waals surface area contributed by atoms with Crippen molar-refractivity contribution in [1.82, 2.24) is 20.2 Å². The number of hydrogen-bond donors (Lipinski definition) is 3. The molecule has 12 heteroatoms. The predicted octanol–water partition coefficient (Wildman–Crippen LogP) is 1.91. The number of anilines is 3. The van der Waals surface area contributed by atoms with Crippen LogP contribution < -0.4 is 20.9 Å². The number of rotatable bonds is 8. The van der Waals surface area contributed by atoms with E-state index in [1.165, 1.54) is 11.1 Å². The first-order chi connectivity index (χ1) is 18.3.